The molecule has 5 nitrogen and oxygen atoms in total. The van der Waals surface area contributed by atoms with E-state index in [0.717, 1.165) is 6.20 Å². The Morgan fingerprint density at radius 1 is 1.56 bits per heavy atom. The Morgan fingerprint density at radius 3 is 2.78 bits per heavy atom. The number of carbonyl (C=O) groups is 1. The highest BCUT2D eigenvalue weighted by Crippen LogP contribution is 2.21. The van der Waals surface area contributed by atoms with Crippen LogP contribution >= 0.6 is 0 Å². The van der Waals surface area contributed by atoms with Crippen LogP contribution in [0.25, 0.3) is 0 Å². The van der Waals surface area contributed by atoms with Crippen LogP contribution in [0.4, 0.5) is 4.39 Å². The van der Waals surface area contributed by atoms with Gasteiger partial charge in [0.25, 0.3) is 0 Å². The lowest BCUT2D eigenvalue weighted by Crippen LogP contribution is -2.24. The molecule has 0 aliphatic heterocycles. The van der Waals surface area contributed by atoms with Gasteiger partial charge in [-0.25, -0.2) is 4.39 Å². The maximum Gasteiger partial charge on any atom is 0.308 e. The minimum Gasteiger partial charge on any atom is -0.466 e. The van der Waals surface area contributed by atoms with Gasteiger partial charge in [0, 0.05) is 0 Å². The molecule has 0 bridgehead atoms. The zero-order chi connectivity index (χ0) is 13.7. The van der Waals surface area contributed by atoms with Crippen molar-refractivity contribution in [2.75, 3.05) is 6.61 Å². The lowest BCUT2D eigenvalue weighted by atomic mass is 10.0. The molecular weight excluding hydrogens is 241 g/mol. The number of aromatic nitrogens is 1. The Morgan fingerprint density at radius 2 is 2.22 bits per heavy atom. The second-order valence-electron chi connectivity index (χ2n) is 3.88. The third kappa shape index (κ3) is 3.75. The summed E-state index contributed by atoms with van der Waals surface area (Å²) in [4.78, 5) is 14.9. The van der Waals surface area contributed by atoms with Crippen molar-refractivity contribution in [1.29, 1.82) is 0 Å². The average Bonchev–Trinajstić information content (AvgIpc) is 2.28. The van der Waals surface area contributed by atoms with Crippen molar-refractivity contribution in [1.82, 2.24) is 4.98 Å². The fourth-order valence-electron chi connectivity index (χ4n) is 1.55. The molecule has 1 aromatic heterocycles. The second-order valence-corrected chi connectivity index (χ2v) is 3.88. The molecule has 1 rings (SSSR count). The summed E-state index contributed by atoms with van der Waals surface area (Å²) in [6.07, 6.45) is -2.08. The van der Waals surface area contributed by atoms with E-state index >= 15 is 0 Å². The van der Waals surface area contributed by atoms with Crippen LogP contribution in [0.3, 0.4) is 0 Å². The van der Waals surface area contributed by atoms with Crippen molar-refractivity contribution in [3.05, 3.63) is 29.3 Å². The first kappa shape index (κ1) is 14.5. The van der Waals surface area contributed by atoms with E-state index in [1.54, 1.807) is 13.8 Å². The molecule has 2 unspecified atom stereocenters. The summed E-state index contributed by atoms with van der Waals surface area (Å²) in [5.74, 6) is -1.13. The van der Waals surface area contributed by atoms with Crippen LogP contribution in [-0.2, 0) is 9.53 Å². The van der Waals surface area contributed by atoms with Crippen LogP contribution < -0.4 is 0 Å². The summed E-state index contributed by atoms with van der Waals surface area (Å²) in [5, 5.41) is 19.5. The molecule has 0 aliphatic carbocycles. The Bertz CT molecular complexity index is 425. The van der Waals surface area contributed by atoms with E-state index in [2.05, 4.69) is 9.72 Å². The summed E-state index contributed by atoms with van der Waals surface area (Å²) in [5.41, 5.74) is 0.554. The highest BCUT2D eigenvalue weighted by molar-refractivity contribution is 5.70. The van der Waals surface area contributed by atoms with Crippen LogP contribution in [0.5, 0.6) is 0 Å². The van der Waals surface area contributed by atoms with Gasteiger partial charge < -0.3 is 14.9 Å². The summed E-state index contributed by atoms with van der Waals surface area (Å²) in [7, 11) is 0. The summed E-state index contributed by atoms with van der Waals surface area (Å²) < 4.78 is 17.5. The summed E-state index contributed by atoms with van der Waals surface area (Å²) >= 11 is 0. The van der Waals surface area contributed by atoms with Gasteiger partial charge in [-0.1, -0.05) is 0 Å². The van der Waals surface area contributed by atoms with Crippen LogP contribution in [0.15, 0.2) is 12.3 Å². The molecule has 100 valence electrons. The molecule has 1 aromatic rings. The fraction of sp³-hybridized carbons (Fsp3) is 0.500. The van der Waals surface area contributed by atoms with E-state index in [1.165, 1.54) is 6.07 Å². The standard InChI is InChI=1S/C12H16FNO4/c1-3-18-10(16)5-9(15)12(17)11-7(2)4-8(13)6-14-11/h4,6,9,12,15,17H,3,5H2,1-2H3. The molecule has 0 radical (unpaired) electrons. The maximum absolute atomic E-state index is 12.8. The molecule has 0 saturated carbocycles. The van der Waals surface area contributed by atoms with Crippen molar-refractivity contribution < 1.29 is 24.1 Å². The van der Waals surface area contributed by atoms with Crippen LogP contribution in [0, 0.1) is 12.7 Å². The SMILES string of the molecule is CCOC(=O)CC(O)C(O)c1ncc(F)cc1C. The number of ether oxygens (including phenoxy) is 1. The first-order valence-electron chi connectivity index (χ1n) is 5.59. The van der Waals surface area contributed by atoms with Gasteiger partial charge in [0.1, 0.15) is 11.9 Å². The highest BCUT2D eigenvalue weighted by atomic mass is 19.1. The first-order valence-corrected chi connectivity index (χ1v) is 5.59. The Balaban J connectivity index is 2.73. The van der Waals surface area contributed by atoms with E-state index in [-0.39, 0.29) is 18.7 Å². The normalized spacial score (nSPS) is 14.1. The number of hydrogen-bond donors (Lipinski definition) is 2. The second kappa shape index (κ2) is 6.42. The summed E-state index contributed by atoms with van der Waals surface area (Å²) in [6.45, 7) is 3.41. The predicted molar refractivity (Wildman–Crippen MR) is 61.1 cm³/mol. The Kier molecular flexibility index (Phi) is 5.18. The van der Waals surface area contributed by atoms with Gasteiger partial charge in [0.05, 0.1) is 31.0 Å². The monoisotopic (exact) mass is 257 g/mol. The number of aryl methyl sites for hydroxylation is 1. The molecule has 0 fully saturated rings. The first-order chi connectivity index (χ1) is 8.45. The Hall–Kier alpha value is -1.53. The number of hydrogen-bond acceptors (Lipinski definition) is 5. The zero-order valence-corrected chi connectivity index (χ0v) is 10.3. The zero-order valence-electron chi connectivity index (χ0n) is 10.3. The Labute approximate surface area is 104 Å². The minimum atomic E-state index is -1.35. The van der Waals surface area contributed by atoms with Gasteiger partial charge in [-0.2, -0.15) is 0 Å². The number of pyridine rings is 1. The molecule has 0 aliphatic rings. The topological polar surface area (TPSA) is 79.7 Å². The number of nitrogens with zero attached hydrogens (tertiary/aromatic N) is 1. The number of aliphatic hydroxyl groups is 2. The third-order valence-electron chi connectivity index (χ3n) is 2.41. The molecule has 0 saturated heterocycles. The molecule has 18 heavy (non-hydrogen) atoms. The number of aliphatic hydroxyl groups excluding tert-OH is 2. The highest BCUT2D eigenvalue weighted by Gasteiger charge is 2.24. The van der Waals surface area contributed by atoms with Gasteiger partial charge in [-0.3, -0.25) is 9.78 Å². The molecule has 0 spiro atoms. The number of esters is 1. The lowest BCUT2D eigenvalue weighted by Gasteiger charge is -2.18. The molecular formula is C12H16FNO4. The predicted octanol–water partition coefficient (Wildman–Crippen LogP) is 0.877. The van der Waals surface area contributed by atoms with Crippen molar-refractivity contribution in [3.8, 4) is 0 Å². The van der Waals surface area contributed by atoms with Crippen molar-refractivity contribution >= 4 is 5.97 Å². The van der Waals surface area contributed by atoms with E-state index in [1.807, 2.05) is 0 Å². The smallest absolute Gasteiger partial charge is 0.308 e. The molecule has 0 aromatic carbocycles. The van der Waals surface area contributed by atoms with Crippen LogP contribution in [0.2, 0.25) is 0 Å². The van der Waals surface area contributed by atoms with E-state index < -0.39 is 24.0 Å². The van der Waals surface area contributed by atoms with Crippen molar-refractivity contribution in [3.63, 3.8) is 0 Å². The molecule has 2 N–H and O–H groups in total. The molecule has 6 heteroatoms. The van der Waals surface area contributed by atoms with Gasteiger partial charge >= 0.3 is 5.97 Å². The summed E-state index contributed by atoms with van der Waals surface area (Å²) in [6, 6.07) is 1.20. The fourth-order valence-corrected chi connectivity index (χ4v) is 1.55. The number of halogens is 1. The molecule has 0 amide bonds. The lowest BCUT2D eigenvalue weighted by molar-refractivity contribution is -0.147. The quantitative estimate of drug-likeness (QED) is 0.765. The molecule has 2 atom stereocenters. The molecule has 1 heterocycles. The number of rotatable bonds is 5. The number of carbonyl (C=O) groups excluding carboxylic acids is 1. The van der Waals surface area contributed by atoms with Gasteiger partial charge in [-0.05, 0) is 25.5 Å². The van der Waals surface area contributed by atoms with Crippen LogP contribution in [-0.4, -0.2) is 33.9 Å². The van der Waals surface area contributed by atoms with E-state index in [0.29, 0.717) is 5.56 Å². The van der Waals surface area contributed by atoms with Crippen LogP contribution in [0.1, 0.15) is 30.7 Å². The van der Waals surface area contributed by atoms with E-state index in [4.69, 9.17) is 0 Å². The van der Waals surface area contributed by atoms with Crippen molar-refractivity contribution in [2.45, 2.75) is 32.5 Å². The average molecular weight is 257 g/mol. The van der Waals surface area contributed by atoms with Gasteiger partial charge in [0.15, 0.2) is 0 Å². The van der Waals surface area contributed by atoms with Crippen molar-refractivity contribution in [2.24, 2.45) is 0 Å². The third-order valence-corrected chi connectivity index (χ3v) is 2.41. The maximum atomic E-state index is 12.8. The van der Waals surface area contributed by atoms with Gasteiger partial charge in [-0.15, -0.1) is 0 Å². The minimum absolute atomic E-state index is 0.146. The van der Waals surface area contributed by atoms with Gasteiger partial charge in [0.2, 0.25) is 0 Å². The van der Waals surface area contributed by atoms with E-state index in [9.17, 15) is 19.4 Å². The largest absolute Gasteiger partial charge is 0.466 e.